The van der Waals surface area contributed by atoms with Crippen molar-refractivity contribution >= 4 is 9.84 Å². The van der Waals surface area contributed by atoms with E-state index in [0.717, 1.165) is 37.1 Å². The van der Waals surface area contributed by atoms with E-state index in [4.69, 9.17) is 4.74 Å². The fraction of sp³-hybridized carbons (Fsp3) is 0.478. The van der Waals surface area contributed by atoms with Gasteiger partial charge < -0.3 is 9.84 Å². The maximum atomic E-state index is 11.8. The molecule has 0 aliphatic carbocycles. The molecule has 1 unspecified atom stereocenters. The maximum absolute atomic E-state index is 11.8. The Morgan fingerprint density at radius 3 is 2.45 bits per heavy atom. The van der Waals surface area contributed by atoms with Crippen molar-refractivity contribution in [1.29, 1.82) is 0 Å². The number of ether oxygens (including phenoxy) is 1. The smallest absolute Gasteiger partial charge is 0.175 e. The number of nitrogens with zero attached hydrogens (tertiary/aromatic N) is 1. The molecule has 0 aromatic heterocycles. The Kier molecular flexibility index (Phi) is 5.97. The van der Waals surface area contributed by atoms with E-state index in [9.17, 15) is 13.5 Å². The molecule has 1 aliphatic rings. The molecule has 29 heavy (non-hydrogen) atoms. The van der Waals surface area contributed by atoms with E-state index < -0.39 is 9.84 Å². The van der Waals surface area contributed by atoms with Crippen molar-refractivity contribution in [2.24, 2.45) is 0 Å². The van der Waals surface area contributed by atoms with Crippen molar-refractivity contribution in [1.82, 2.24) is 4.90 Å². The van der Waals surface area contributed by atoms with Crippen LogP contribution in [0, 0.1) is 0 Å². The summed E-state index contributed by atoms with van der Waals surface area (Å²) in [7, 11) is -3.18. The fourth-order valence-electron chi connectivity index (χ4n) is 3.62. The fourth-order valence-corrected chi connectivity index (χ4v) is 4.29. The highest BCUT2D eigenvalue weighted by atomic mass is 32.2. The van der Waals surface area contributed by atoms with Crippen LogP contribution in [-0.2, 0) is 29.3 Å². The van der Waals surface area contributed by atoms with Crippen LogP contribution in [-0.4, -0.2) is 36.3 Å². The molecule has 0 spiro atoms. The Bertz CT molecular complexity index is 992. The van der Waals surface area contributed by atoms with Crippen molar-refractivity contribution in [2.75, 3.05) is 6.26 Å². The second-order valence-corrected chi connectivity index (χ2v) is 11.0. The zero-order valence-corrected chi connectivity index (χ0v) is 18.7. The van der Waals surface area contributed by atoms with Gasteiger partial charge in [-0.3, -0.25) is 4.90 Å². The number of aryl methyl sites for hydroxylation is 1. The van der Waals surface area contributed by atoms with E-state index in [-0.39, 0.29) is 11.4 Å². The average molecular weight is 418 g/mol. The molecular formula is C23H31NO4S. The summed E-state index contributed by atoms with van der Waals surface area (Å²) in [6.45, 7) is 9.70. The van der Waals surface area contributed by atoms with Gasteiger partial charge in [0.15, 0.2) is 21.3 Å². The summed E-state index contributed by atoms with van der Waals surface area (Å²) in [4.78, 5) is 2.77. The Morgan fingerprint density at radius 1 is 1.10 bits per heavy atom. The second kappa shape index (κ2) is 8.00. The van der Waals surface area contributed by atoms with Gasteiger partial charge in [0.1, 0.15) is 5.60 Å². The van der Waals surface area contributed by atoms with Gasteiger partial charge in [0.05, 0.1) is 4.90 Å². The van der Waals surface area contributed by atoms with Gasteiger partial charge in [0, 0.05) is 25.4 Å². The molecule has 6 heteroatoms. The molecule has 1 atom stereocenters. The van der Waals surface area contributed by atoms with E-state index in [1.165, 1.54) is 11.8 Å². The van der Waals surface area contributed by atoms with Crippen molar-refractivity contribution in [2.45, 2.75) is 70.2 Å². The van der Waals surface area contributed by atoms with E-state index >= 15 is 0 Å². The highest BCUT2D eigenvalue weighted by Crippen LogP contribution is 2.32. The van der Waals surface area contributed by atoms with Crippen molar-refractivity contribution < 1.29 is 18.3 Å². The summed E-state index contributed by atoms with van der Waals surface area (Å²) < 4.78 is 29.5. The molecule has 158 valence electrons. The topological polar surface area (TPSA) is 66.8 Å². The Morgan fingerprint density at radius 2 is 1.79 bits per heavy atom. The minimum absolute atomic E-state index is 0.161. The van der Waals surface area contributed by atoms with E-state index in [1.54, 1.807) is 12.1 Å². The number of sulfone groups is 1. The minimum atomic E-state index is -3.18. The lowest BCUT2D eigenvalue weighted by Crippen LogP contribution is -2.28. The molecule has 0 radical (unpaired) electrons. The van der Waals surface area contributed by atoms with Crippen LogP contribution >= 0.6 is 0 Å². The molecule has 5 nitrogen and oxygen atoms in total. The van der Waals surface area contributed by atoms with Gasteiger partial charge in [-0.15, -0.1) is 0 Å². The monoisotopic (exact) mass is 417 g/mol. The van der Waals surface area contributed by atoms with Gasteiger partial charge in [-0.25, -0.2) is 8.42 Å². The first-order chi connectivity index (χ1) is 13.4. The van der Waals surface area contributed by atoms with E-state index in [0.29, 0.717) is 16.7 Å². The molecule has 0 saturated carbocycles. The largest absolute Gasteiger partial charge is 0.504 e. The zero-order chi connectivity index (χ0) is 21.4. The first kappa shape index (κ1) is 21.7. The van der Waals surface area contributed by atoms with Gasteiger partial charge >= 0.3 is 0 Å². The summed E-state index contributed by atoms with van der Waals surface area (Å²) in [5, 5.41) is 10.1. The molecule has 1 heterocycles. The predicted molar refractivity (Wildman–Crippen MR) is 115 cm³/mol. The van der Waals surface area contributed by atoms with E-state index in [1.807, 2.05) is 45.0 Å². The quantitative estimate of drug-likeness (QED) is 0.759. The molecule has 3 rings (SSSR count). The highest BCUT2D eigenvalue weighted by Gasteiger charge is 2.24. The number of aromatic hydroxyl groups is 1. The lowest BCUT2D eigenvalue weighted by molar-refractivity contribution is 0.125. The number of hydrogen-bond donors (Lipinski definition) is 1. The lowest BCUT2D eigenvalue weighted by Gasteiger charge is -2.24. The molecule has 0 fully saturated rings. The standard InChI is InChI=1S/C23H31NO4S/c1-16(6-7-17-8-11-21(25)22(12-17)28-23(2,3)4)24-14-18-9-10-20(29(5,26)27)13-19(18)15-24/h8-13,16,25H,6-7,14-15H2,1-5H3. The average Bonchev–Trinajstić information content (AvgIpc) is 3.03. The number of phenolic OH excluding ortho intramolecular Hbond substituents is 1. The van der Waals surface area contributed by atoms with Gasteiger partial charge in [-0.05, 0) is 81.5 Å². The van der Waals surface area contributed by atoms with Crippen molar-refractivity contribution in [3.63, 3.8) is 0 Å². The lowest BCUT2D eigenvalue weighted by atomic mass is 10.0. The number of fused-ring (bicyclic) bond motifs is 1. The molecule has 1 aliphatic heterocycles. The second-order valence-electron chi connectivity index (χ2n) is 9.01. The van der Waals surface area contributed by atoms with Gasteiger partial charge in [-0.1, -0.05) is 12.1 Å². The van der Waals surface area contributed by atoms with Gasteiger partial charge in [-0.2, -0.15) is 0 Å². The molecule has 1 N–H and O–H groups in total. The molecule has 0 bridgehead atoms. The first-order valence-electron chi connectivity index (χ1n) is 9.99. The Hall–Kier alpha value is -2.05. The van der Waals surface area contributed by atoms with Crippen LogP contribution in [0.2, 0.25) is 0 Å². The Labute approximate surface area is 174 Å². The van der Waals surface area contributed by atoms with Crippen LogP contribution in [0.4, 0.5) is 0 Å². The number of rotatable bonds is 6. The van der Waals surface area contributed by atoms with Crippen LogP contribution in [0.3, 0.4) is 0 Å². The van der Waals surface area contributed by atoms with Crippen molar-refractivity contribution in [3.05, 3.63) is 53.1 Å². The van der Waals surface area contributed by atoms with Crippen LogP contribution < -0.4 is 4.74 Å². The SMILES string of the molecule is CC(CCc1ccc(O)c(OC(C)(C)C)c1)N1Cc2ccc(S(C)(=O)=O)cc2C1. The minimum Gasteiger partial charge on any atom is -0.504 e. The highest BCUT2D eigenvalue weighted by molar-refractivity contribution is 7.90. The third-order valence-electron chi connectivity index (χ3n) is 5.27. The number of hydrogen-bond acceptors (Lipinski definition) is 5. The normalized spacial score (nSPS) is 15.9. The van der Waals surface area contributed by atoms with E-state index in [2.05, 4.69) is 11.8 Å². The summed E-state index contributed by atoms with van der Waals surface area (Å²) in [5.41, 5.74) is 3.07. The summed E-state index contributed by atoms with van der Waals surface area (Å²) in [6.07, 6.45) is 3.09. The number of phenols is 1. The first-order valence-corrected chi connectivity index (χ1v) is 11.9. The number of benzene rings is 2. The van der Waals surface area contributed by atoms with Crippen molar-refractivity contribution in [3.8, 4) is 11.5 Å². The van der Waals surface area contributed by atoms with Crippen LogP contribution in [0.5, 0.6) is 11.5 Å². The maximum Gasteiger partial charge on any atom is 0.175 e. The molecular weight excluding hydrogens is 386 g/mol. The molecule has 0 saturated heterocycles. The van der Waals surface area contributed by atoms with Crippen LogP contribution in [0.25, 0.3) is 0 Å². The van der Waals surface area contributed by atoms with Gasteiger partial charge in [0.25, 0.3) is 0 Å². The third kappa shape index (κ3) is 5.52. The third-order valence-corrected chi connectivity index (χ3v) is 6.38. The molecule has 2 aromatic rings. The Balaban J connectivity index is 1.63. The predicted octanol–water partition coefficient (Wildman–Crippen LogP) is 4.31. The van der Waals surface area contributed by atoms with Gasteiger partial charge in [0.2, 0.25) is 0 Å². The summed E-state index contributed by atoms with van der Waals surface area (Å²) >= 11 is 0. The van der Waals surface area contributed by atoms with Crippen LogP contribution in [0.15, 0.2) is 41.3 Å². The molecule has 2 aromatic carbocycles. The summed E-state index contributed by atoms with van der Waals surface area (Å²) in [6, 6.07) is 11.4. The molecule has 0 amide bonds. The van der Waals surface area contributed by atoms with Crippen LogP contribution in [0.1, 0.15) is 50.8 Å². The summed E-state index contributed by atoms with van der Waals surface area (Å²) in [5.74, 6) is 0.679. The zero-order valence-electron chi connectivity index (χ0n) is 17.9.